The molecular weight excluding hydrogens is 230 g/mol. The zero-order chi connectivity index (χ0) is 13.4. The van der Waals surface area contributed by atoms with Crippen LogP contribution in [0.1, 0.15) is 20.8 Å². The van der Waals surface area contributed by atoms with Gasteiger partial charge in [-0.3, -0.25) is 0 Å². The second-order valence-corrected chi connectivity index (χ2v) is 4.47. The third-order valence-electron chi connectivity index (χ3n) is 2.44. The molecule has 0 radical (unpaired) electrons. The molecule has 0 fully saturated rings. The van der Waals surface area contributed by atoms with Crippen LogP contribution < -0.4 is 14.8 Å². The maximum Gasteiger partial charge on any atom is 0.119 e. The molecule has 1 atom stereocenters. The van der Waals surface area contributed by atoms with E-state index in [2.05, 4.69) is 5.32 Å². The van der Waals surface area contributed by atoms with E-state index in [4.69, 9.17) is 9.47 Å². The fourth-order valence-corrected chi connectivity index (χ4v) is 1.48. The average Bonchev–Trinajstić information content (AvgIpc) is 2.36. The Labute approximate surface area is 109 Å². The van der Waals surface area contributed by atoms with Crippen molar-refractivity contribution in [1.82, 2.24) is 5.32 Å². The number of ether oxygens (including phenoxy) is 2. The summed E-state index contributed by atoms with van der Waals surface area (Å²) < 4.78 is 10.9. The minimum absolute atomic E-state index is 0.258. The fraction of sp³-hybridized carbons (Fsp3) is 0.571. The summed E-state index contributed by atoms with van der Waals surface area (Å²) in [4.78, 5) is 0. The molecule has 4 heteroatoms. The monoisotopic (exact) mass is 253 g/mol. The summed E-state index contributed by atoms with van der Waals surface area (Å²) in [7, 11) is 0. The summed E-state index contributed by atoms with van der Waals surface area (Å²) in [6, 6.07) is 7.40. The minimum Gasteiger partial charge on any atom is -0.494 e. The molecule has 0 heterocycles. The van der Waals surface area contributed by atoms with Gasteiger partial charge in [-0.25, -0.2) is 0 Å². The highest BCUT2D eigenvalue weighted by Gasteiger charge is 2.20. The van der Waals surface area contributed by atoms with Crippen LogP contribution in [0.5, 0.6) is 11.5 Å². The molecule has 0 saturated carbocycles. The Hall–Kier alpha value is -1.26. The lowest BCUT2D eigenvalue weighted by molar-refractivity contribution is 0.0127. The molecule has 0 aliphatic rings. The number of nitrogens with one attached hydrogen (secondary N) is 1. The van der Waals surface area contributed by atoms with Gasteiger partial charge in [0.15, 0.2) is 0 Å². The average molecular weight is 253 g/mol. The molecule has 1 rings (SSSR count). The van der Waals surface area contributed by atoms with E-state index in [-0.39, 0.29) is 6.61 Å². The van der Waals surface area contributed by atoms with Gasteiger partial charge >= 0.3 is 0 Å². The number of benzene rings is 1. The molecule has 0 spiro atoms. The summed E-state index contributed by atoms with van der Waals surface area (Å²) in [6.07, 6.45) is 0. The third kappa shape index (κ3) is 5.38. The van der Waals surface area contributed by atoms with Crippen molar-refractivity contribution in [3.05, 3.63) is 24.3 Å². The van der Waals surface area contributed by atoms with Gasteiger partial charge in [0, 0.05) is 6.54 Å². The molecule has 0 bridgehead atoms. The van der Waals surface area contributed by atoms with E-state index >= 15 is 0 Å². The smallest absolute Gasteiger partial charge is 0.119 e. The molecule has 0 aliphatic carbocycles. The van der Waals surface area contributed by atoms with Crippen molar-refractivity contribution in [2.45, 2.75) is 26.4 Å². The SMILES string of the molecule is CCNCC(C)(O)COc1ccc(OCC)cc1. The zero-order valence-electron chi connectivity index (χ0n) is 11.4. The second-order valence-electron chi connectivity index (χ2n) is 4.47. The van der Waals surface area contributed by atoms with Gasteiger partial charge in [-0.2, -0.15) is 0 Å². The first kappa shape index (κ1) is 14.8. The van der Waals surface area contributed by atoms with Crippen LogP contribution in [-0.2, 0) is 0 Å². The van der Waals surface area contributed by atoms with Gasteiger partial charge in [-0.05, 0) is 44.7 Å². The van der Waals surface area contributed by atoms with E-state index in [1.807, 2.05) is 38.1 Å². The summed E-state index contributed by atoms with van der Waals surface area (Å²) in [5, 5.41) is 13.1. The predicted octanol–water partition coefficient (Wildman–Crippen LogP) is 1.82. The van der Waals surface area contributed by atoms with Crippen LogP contribution in [0.25, 0.3) is 0 Å². The van der Waals surface area contributed by atoms with Gasteiger partial charge in [-0.1, -0.05) is 6.92 Å². The molecule has 4 nitrogen and oxygen atoms in total. The van der Waals surface area contributed by atoms with Crippen molar-refractivity contribution >= 4 is 0 Å². The lowest BCUT2D eigenvalue weighted by Gasteiger charge is -2.23. The summed E-state index contributed by atoms with van der Waals surface area (Å²) in [5.41, 5.74) is -0.866. The number of likely N-dealkylation sites (N-methyl/N-ethyl adjacent to an activating group) is 1. The van der Waals surface area contributed by atoms with E-state index < -0.39 is 5.60 Å². The topological polar surface area (TPSA) is 50.7 Å². The van der Waals surface area contributed by atoms with Gasteiger partial charge in [0.05, 0.1) is 6.61 Å². The molecule has 0 aliphatic heterocycles. The first-order valence-corrected chi connectivity index (χ1v) is 6.36. The highest BCUT2D eigenvalue weighted by atomic mass is 16.5. The second kappa shape index (κ2) is 7.24. The Morgan fingerprint density at radius 2 is 1.67 bits per heavy atom. The first-order valence-electron chi connectivity index (χ1n) is 6.36. The quantitative estimate of drug-likeness (QED) is 0.742. The van der Waals surface area contributed by atoms with Crippen molar-refractivity contribution in [3.63, 3.8) is 0 Å². The molecule has 0 amide bonds. The van der Waals surface area contributed by atoms with E-state index in [1.165, 1.54) is 0 Å². The molecular formula is C14H23NO3. The van der Waals surface area contributed by atoms with E-state index in [1.54, 1.807) is 6.92 Å². The predicted molar refractivity (Wildman–Crippen MR) is 72.3 cm³/mol. The van der Waals surface area contributed by atoms with Crippen LogP contribution in [0.3, 0.4) is 0 Å². The number of aliphatic hydroxyl groups is 1. The largest absolute Gasteiger partial charge is 0.494 e. The zero-order valence-corrected chi connectivity index (χ0v) is 11.4. The van der Waals surface area contributed by atoms with Gasteiger partial charge in [0.1, 0.15) is 23.7 Å². The van der Waals surface area contributed by atoms with Gasteiger partial charge in [0.25, 0.3) is 0 Å². The van der Waals surface area contributed by atoms with Gasteiger partial charge in [0.2, 0.25) is 0 Å². The van der Waals surface area contributed by atoms with Crippen LogP contribution in [-0.4, -0.2) is 37.0 Å². The van der Waals surface area contributed by atoms with Crippen molar-refractivity contribution in [2.75, 3.05) is 26.3 Å². The molecule has 1 aromatic carbocycles. The molecule has 0 aromatic heterocycles. The third-order valence-corrected chi connectivity index (χ3v) is 2.44. The van der Waals surface area contributed by atoms with Crippen LogP contribution >= 0.6 is 0 Å². The first-order chi connectivity index (χ1) is 8.57. The molecule has 1 aromatic rings. The molecule has 18 heavy (non-hydrogen) atoms. The van der Waals surface area contributed by atoms with Gasteiger partial charge < -0.3 is 19.9 Å². The highest BCUT2D eigenvalue weighted by molar-refractivity contribution is 5.31. The van der Waals surface area contributed by atoms with Crippen molar-refractivity contribution in [3.8, 4) is 11.5 Å². The van der Waals surface area contributed by atoms with Crippen LogP contribution in [0.4, 0.5) is 0 Å². The summed E-state index contributed by atoms with van der Waals surface area (Å²) in [5.74, 6) is 1.56. The van der Waals surface area contributed by atoms with Crippen LogP contribution in [0.15, 0.2) is 24.3 Å². The number of hydrogen-bond acceptors (Lipinski definition) is 4. The standard InChI is InChI=1S/C14H23NO3/c1-4-15-10-14(3,16)11-18-13-8-6-12(7-9-13)17-5-2/h6-9,15-16H,4-5,10-11H2,1-3H3. The van der Waals surface area contributed by atoms with Crippen molar-refractivity contribution < 1.29 is 14.6 Å². The maximum absolute atomic E-state index is 10.0. The van der Waals surface area contributed by atoms with Crippen LogP contribution in [0, 0.1) is 0 Å². The minimum atomic E-state index is -0.866. The normalized spacial score (nSPS) is 14.0. The lowest BCUT2D eigenvalue weighted by atomic mass is 10.1. The molecule has 0 saturated heterocycles. The Morgan fingerprint density at radius 1 is 1.11 bits per heavy atom. The lowest BCUT2D eigenvalue weighted by Crippen LogP contribution is -2.42. The molecule has 1 unspecified atom stereocenters. The van der Waals surface area contributed by atoms with E-state index in [0.717, 1.165) is 18.0 Å². The fourth-order valence-electron chi connectivity index (χ4n) is 1.48. The van der Waals surface area contributed by atoms with E-state index in [0.29, 0.717) is 13.2 Å². The number of rotatable bonds is 8. The van der Waals surface area contributed by atoms with Crippen molar-refractivity contribution in [2.24, 2.45) is 0 Å². The Balaban J connectivity index is 2.42. The summed E-state index contributed by atoms with van der Waals surface area (Å²) in [6.45, 7) is 7.96. The highest BCUT2D eigenvalue weighted by Crippen LogP contribution is 2.18. The van der Waals surface area contributed by atoms with Gasteiger partial charge in [-0.15, -0.1) is 0 Å². The molecule has 2 N–H and O–H groups in total. The Bertz CT molecular complexity index is 335. The maximum atomic E-state index is 10.0. The Kier molecular flexibility index (Phi) is 5.95. The molecule has 102 valence electrons. The van der Waals surface area contributed by atoms with E-state index in [9.17, 15) is 5.11 Å². The number of hydrogen-bond donors (Lipinski definition) is 2. The van der Waals surface area contributed by atoms with Crippen LogP contribution in [0.2, 0.25) is 0 Å². The van der Waals surface area contributed by atoms with Crippen molar-refractivity contribution in [1.29, 1.82) is 0 Å². The summed E-state index contributed by atoms with van der Waals surface area (Å²) >= 11 is 0. The Morgan fingerprint density at radius 3 is 2.17 bits per heavy atom.